The minimum atomic E-state index is 0.326. The largest absolute Gasteiger partial charge is 0.493 e. The summed E-state index contributed by atoms with van der Waals surface area (Å²) in [6.07, 6.45) is 14.9. The SMILES string of the molecule is Cc1cc(C#Cc2ccc(-c3ccc(Cl)cc3)cn2)ccc1OCCC1(C2(CN)CCCC2)CCCCC1. The molecule has 38 heavy (non-hydrogen) atoms. The molecule has 2 N–H and O–H groups in total. The van der Waals surface area contributed by atoms with Gasteiger partial charge in [0, 0.05) is 22.3 Å². The summed E-state index contributed by atoms with van der Waals surface area (Å²) >= 11 is 6.00. The van der Waals surface area contributed by atoms with E-state index in [4.69, 9.17) is 22.1 Å². The van der Waals surface area contributed by atoms with Gasteiger partial charge in [-0.1, -0.05) is 67.8 Å². The highest BCUT2D eigenvalue weighted by atomic mass is 35.5. The number of nitrogens with zero attached hydrogens (tertiary/aromatic N) is 1. The number of aromatic nitrogens is 1. The molecular weight excluding hydrogens is 488 g/mol. The van der Waals surface area contributed by atoms with E-state index < -0.39 is 0 Å². The number of rotatable bonds is 7. The number of hydrogen-bond donors (Lipinski definition) is 1. The lowest BCUT2D eigenvalue weighted by Gasteiger charge is -2.51. The molecule has 0 amide bonds. The molecule has 5 rings (SSSR count). The summed E-state index contributed by atoms with van der Waals surface area (Å²) in [4.78, 5) is 4.53. The van der Waals surface area contributed by atoms with Crippen LogP contribution in [0.4, 0.5) is 0 Å². The monoisotopic (exact) mass is 526 g/mol. The zero-order chi connectivity index (χ0) is 26.4. The van der Waals surface area contributed by atoms with E-state index in [0.717, 1.165) is 58.3 Å². The van der Waals surface area contributed by atoms with E-state index in [1.54, 1.807) is 0 Å². The lowest BCUT2D eigenvalue weighted by Crippen LogP contribution is -2.47. The molecule has 3 nitrogen and oxygen atoms in total. The Hall–Kier alpha value is -2.80. The maximum absolute atomic E-state index is 6.46. The molecule has 2 aliphatic rings. The highest BCUT2D eigenvalue weighted by Crippen LogP contribution is 2.59. The fourth-order valence-corrected chi connectivity index (χ4v) is 7.07. The number of nitrogens with two attached hydrogens (primary N) is 1. The van der Waals surface area contributed by atoms with Crippen LogP contribution in [0.25, 0.3) is 11.1 Å². The Bertz CT molecular complexity index is 1270. The van der Waals surface area contributed by atoms with Crippen molar-refractivity contribution in [2.24, 2.45) is 16.6 Å². The fraction of sp³-hybridized carbons (Fsp3) is 0.441. The van der Waals surface area contributed by atoms with Gasteiger partial charge in [0.2, 0.25) is 0 Å². The third kappa shape index (κ3) is 5.78. The van der Waals surface area contributed by atoms with E-state index in [1.807, 2.05) is 48.7 Å². The predicted molar refractivity (Wildman–Crippen MR) is 157 cm³/mol. The van der Waals surface area contributed by atoms with E-state index >= 15 is 0 Å². The third-order valence-corrected chi connectivity index (χ3v) is 9.43. The van der Waals surface area contributed by atoms with Crippen LogP contribution in [-0.2, 0) is 0 Å². The van der Waals surface area contributed by atoms with Crippen molar-refractivity contribution in [3.8, 4) is 28.7 Å². The second-order valence-corrected chi connectivity index (χ2v) is 11.7. The van der Waals surface area contributed by atoms with Crippen LogP contribution in [0.1, 0.15) is 81.0 Å². The topological polar surface area (TPSA) is 48.1 Å². The second kappa shape index (κ2) is 11.9. The smallest absolute Gasteiger partial charge is 0.122 e. The molecule has 0 radical (unpaired) electrons. The van der Waals surface area contributed by atoms with Crippen molar-refractivity contribution in [3.63, 3.8) is 0 Å². The first-order valence-corrected chi connectivity index (χ1v) is 14.6. The maximum atomic E-state index is 6.46. The van der Waals surface area contributed by atoms with E-state index in [1.165, 1.54) is 57.8 Å². The Morgan fingerprint density at radius 1 is 0.842 bits per heavy atom. The lowest BCUT2D eigenvalue weighted by molar-refractivity contribution is -0.0124. The second-order valence-electron chi connectivity index (χ2n) is 11.3. The maximum Gasteiger partial charge on any atom is 0.122 e. The van der Waals surface area contributed by atoms with Crippen LogP contribution < -0.4 is 10.5 Å². The summed E-state index contributed by atoms with van der Waals surface area (Å²) in [5.74, 6) is 7.41. The molecule has 2 aromatic carbocycles. The molecule has 0 bridgehead atoms. The molecule has 0 spiro atoms. The standard InChI is InChI=1S/C34H39ClN2O/c1-26-23-27(7-14-31-15-11-29(24-37-31)28-9-12-30(35)13-10-28)8-16-32(26)38-22-21-33(17-3-2-4-18-33)34(25-36)19-5-6-20-34/h8-13,15-16,23-24H,2-6,17-22,25,36H2,1H3. The van der Waals surface area contributed by atoms with Gasteiger partial charge in [0.1, 0.15) is 11.4 Å². The minimum absolute atomic E-state index is 0.326. The number of ether oxygens (including phenoxy) is 1. The van der Waals surface area contributed by atoms with Crippen LogP contribution in [0.5, 0.6) is 5.75 Å². The van der Waals surface area contributed by atoms with Crippen LogP contribution in [0.3, 0.4) is 0 Å². The van der Waals surface area contributed by atoms with Crippen molar-refractivity contribution in [1.82, 2.24) is 4.98 Å². The van der Waals surface area contributed by atoms with Gasteiger partial charge >= 0.3 is 0 Å². The molecular formula is C34H39ClN2O. The summed E-state index contributed by atoms with van der Waals surface area (Å²) in [5.41, 5.74) is 12.1. The minimum Gasteiger partial charge on any atom is -0.493 e. The van der Waals surface area contributed by atoms with E-state index in [2.05, 4.69) is 35.9 Å². The lowest BCUT2D eigenvalue weighted by atomic mass is 9.54. The number of halogens is 1. The van der Waals surface area contributed by atoms with Crippen LogP contribution in [-0.4, -0.2) is 18.1 Å². The van der Waals surface area contributed by atoms with Crippen molar-refractivity contribution in [3.05, 3.63) is 82.6 Å². The zero-order valence-electron chi connectivity index (χ0n) is 22.6. The van der Waals surface area contributed by atoms with Crippen molar-refractivity contribution in [2.45, 2.75) is 71.1 Å². The van der Waals surface area contributed by atoms with Gasteiger partial charge in [-0.05, 0) is 110 Å². The Labute approximate surface area is 233 Å². The van der Waals surface area contributed by atoms with Crippen molar-refractivity contribution in [1.29, 1.82) is 0 Å². The van der Waals surface area contributed by atoms with Crippen molar-refractivity contribution < 1.29 is 4.74 Å². The Morgan fingerprint density at radius 2 is 1.53 bits per heavy atom. The van der Waals surface area contributed by atoms with Crippen LogP contribution >= 0.6 is 11.6 Å². The van der Waals surface area contributed by atoms with Crippen LogP contribution in [0.2, 0.25) is 5.02 Å². The molecule has 2 fully saturated rings. The number of benzene rings is 2. The summed E-state index contributed by atoms with van der Waals surface area (Å²) in [5, 5.41) is 0.730. The third-order valence-electron chi connectivity index (χ3n) is 9.18. The molecule has 0 aliphatic heterocycles. The summed E-state index contributed by atoms with van der Waals surface area (Å²) < 4.78 is 6.38. The zero-order valence-corrected chi connectivity index (χ0v) is 23.3. The van der Waals surface area contributed by atoms with Gasteiger partial charge in [0.25, 0.3) is 0 Å². The molecule has 4 heteroatoms. The van der Waals surface area contributed by atoms with Gasteiger partial charge < -0.3 is 10.5 Å². The summed E-state index contributed by atoms with van der Waals surface area (Å²) in [6.45, 7) is 3.70. The first-order valence-electron chi connectivity index (χ1n) is 14.2. The predicted octanol–water partition coefficient (Wildman–Crippen LogP) is 8.35. The average Bonchev–Trinajstić information content (AvgIpc) is 3.45. The summed E-state index contributed by atoms with van der Waals surface area (Å²) in [6, 6.07) is 18.0. The molecule has 2 aliphatic carbocycles. The normalized spacial score (nSPS) is 18.0. The average molecular weight is 527 g/mol. The molecule has 1 aromatic heterocycles. The number of hydrogen-bond acceptors (Lipinski definition) is 3. The van der Waals surface area contributed by atoms with Gasteiger partial charge in [0.05, 0.1) is 6.61 Å². The Balaban J connectivity index is 1.22. The highest BCUT2D eigenvalue weighted by molar-refractivity contribution is 6.30. The first kappa shape index (κ1) is 26.8. The van der Waals surface area contributed by atoms with Gasteiger partial charge in [-0.2, -0.15) is 0 Å². The molecule has 0 saturated heterocycles. The van der Waals surface area contributed by atoms with Crippen molar-refractivity contribution in [2.75, 3.05) is 13.2 Å². The van der Waals surface area contributed by atoms with Gasteiger partial charge in [-0.15, -0.1) is 0 Å². The Morgan fingerprint density at radius 3 is 2.18 bits per heavy atom. The van der Waals surface area contributed by atoms with Gasteiger partial charge in [-0.25, -0.2) is 4.98 Å². The quantitative estimate of drug-likeness (QED) is 0.315. The molecule has 2 saturated carbocycles. The fourth-order valence-electron chi connectivity index (χ4n) is 6.94. The van der Waals surface area contributed by atoms with E-state index in [-0.39, 0.29) is 0 Å². The molecule has 198 valence electrons. The van der Waals surface area contributed by atoms with E-state index in [9.17, 15) is 0 Å². The molecule has 3 aromatic rings. The highest BCUT2D eigenvalue weighted by Gasteiger charge is 2.51. The van der Waals surface area contributed by atoms with Gasteiger partial charge in [0.15, 0.2) is 0 Å². The van der Waals surface area contributed by atoms with Crippen molar-refractivity contribution >= 4 is 11.6 Å². The first-order chi connectivity index (χ1) is 18.5. The molecule has 0 unspecified atom stereocenters. The number of pyridine rings is 1. The van der Waals surface area contributed by atoms with Crippen LogP contribution in [0, 0.1) is 29.6 Å². The summed E-state index contributed by atoms with van der Waals surface area (Å²) in [7, 11) is 0. The van der Waals surface area contributed by atoms with Crippen LogP contribution in [0.15, 0.2) is 60.8 Å². The molecule has 1 heterocycles. The Kier molecular flexibility index (Phi) is 8.42. The van der Waals surface area contributed by atoms with E-state index in [0.29, 0.717) is 10.8 Å². The molecule has 0 atom stereocenters. The number of aryl methyl sites for hydroxylation is 1. The van der Waals surface area contributed by atoms with Gasteiger partial charge in [-0.3, -0.25) is 0 Å².